The van der Waals surface area contributed by atoms with Crippen molar-refractivity contribution < 1.29 is 4.74 Å². The highest BCUT2D eigenvalue weighted by Crippen LogP contribution is 2.19. The van der Waals surface area contributed by atoms with E-state index in [2.05, 4.69) is 54.3 Å². The van der Waals surface area contributed by atoms with Gasteiger partial charge >= 0.3 is 0 Å². The third-order valence-electron chi connectivity index (χ3n) is 3.74. The minimum absolute atomic E-state index is 0.825. The molecule has 3 rings (SSSR count). The zero-order valence-electron chi connectivity index (χ0n) is 11.9. The fourth-order valence-electron chi connectivity index (χ4n) is 2.55. The minimum Gasteiger partial charge on any atom is -0.378 e. The molecule has 1 radical (unpaired) electrons. The lowest BCUT2D eigenvalue weighted by molar-refractivity contribution is 0.122. The number of aryl methyl sites for hydroxylation is 1. The lowest BCUT2D eigenvalue weighted by Gasteiger charge is -2.29. The van der Waals surface area contributed by atoms with Crippen molar-refractivity contribution in [1.29, 1.82) is 0 Å². The van der Waals surface area contributed by atoms with Crippen LogP contribution in [0.1, 0.15) is 16.7 Å². The maximum Gasteiger partial charge on any atom is 0.0642 e. The van der Waals surface area contributed by atoms with E-state index in [0.717, 1.165) is 32.7 Å². The molecule has 0 bridgehead atoms. The Morgan fingerprint density at radius 1 is 1.10 bits per heavy atom. The van der Waals surface area contributed by atoms with Gasteiger partial charge in [0.05, 0.1) is 13.2 Å². The second-order valence-electron chi connectivity index (χ2n) is 5.33. The Kier molecular flexibility index (Phi) is 4.03. The predicted octanol–water partition coefficient (Wildman–Crippen LogP) is 3.22. The molecular weight excluding hydrogens is 246 g/mol. The maximum atomic E-state index is 5.41. The number of hydrogen-bond donors (Lipinski definition) is 0. The van der Waals surface area contributed by atoms with Gasteiger partial charge in [-0.15, -0.1) is 0 Å². The molecule has 1 aliphatic heterocycles. The Hall–Kier alpha value is -1.80. The molecule has 0 aliphatic carbocycles. The van der Waals surface area contributed by atoms with Crippen LogP contribution in [-0.4, -0.2) is 26.3 Å². The largest absolute Gasteiger partial charge is 0.378 e. The molecule has 1 saturated heterocycles. The third kappa shape index (κ3) is 3.20. The van der Waals surface area contributed by atoms with Crippen LogP contribution in [0.25, 0.3) is 0 Å². The highest BCUT2D eigenvalue weighted by atomic mass is 16.5. The Morgan fingerprint density at radius 2 is 1.85 bits per heavy atom. The molecule has 103 valence electrons. The van der Waals surface area contributed by atoms with Crippen LogP contribution in [0.3, 0.4) is 0 Å². The third-order valence-corrected chi connectivity index (χ3v) is 3.74. The Balaban J connectivity index is 1.75. The number of nitrogens with zero attached hydrogens (tertiary/aromatic N) is 1. The van der Waals surface area contributed by atoms with Gasteiger partial charge in [-0.25, -0.2) is 0 Å². The second-order valence-corrected chi connectivity index (χ2v) is 5.33. The molecule has 2 heteroatoms. The fourth-order valence-corrected chi connectivity index (χ4v) is 2.55. The molecule has 2 nitrogen and oxygen atoms in total. The van der Waals surface area contributed by atoms with Gasteiger partial charge in [-0.1, -0.05) is 35.9 Å². The Morgan fingerprint density at radius 3 is 2.60 bits per heavy atom. The molecule has 0 spiro atoms. The van der Waals surface area contributed by atoms with Crippen LogP contribution in [-0.2, 0) is 11.2 Å². The summed E-state index contributed by atoms with van der Waals surface area (Å²) in [6, 6.07) is 18.5. The van der Waals surface area contributed by atoms with Gasteiger partial charge in [0.1, 0.15) is 0 Å². The summed E-state index contributed by atoms with van der Waals surface area (Å²) < 4.78 is 5.41. The molecule has 20 heavy (non-hydrogen) atoms. The number of hydrogen-bond acceptors (Lipinski definition) is 2. The molecule has 0 N–H and O–H groups in total. The lowest BCUT2D eigenvalue weighted by Crippen LogP contribution is -2.36. The molecule has 1 aliphatic rings. The topological polar surface area (TPSA) is 12.5 Å². The van der Waals surface area contributed by atoms with Crippen LogP contribution in [0.5, 0.6) is 0 Å². The first-order chi connectivity index (χ1) is 9.81. The van der Waals surface area contributed by atoms with Gasteiger partial charge in [0, 0.05) is 18.8 Å². The van der Waals surface area contributed by atoms with Crippen LogP contribution in [0.4, 0.5) is 5.69 Å². The smallest absolute Gasteiger partial charge is 0.0642 e. The van der Waals surface area contributed by atoms with Crippen molar-refractivity contribution >= 4 is 5.69 Å². The minimum atomic E-state index is 0.825. The van der Waals surface area contributed by atoms with Crippen LogP contribution in [0, 0.1) is 13.0 Å². The highest BCUT2D eigenvalue weighted by molar-refractivity contribution is 5.49. The zero-order valence-corrected chi connectivity index (χ0v) is 11.9. The molecular formula is C18H20NO. The van der Waals surface area contributed by atoms with Gasteiger partial charge in [0.2, 0.25) is 0 Å². The molecule has 0 amide bonds. The van der Waals surface area contributed by atoms with Crippen molar-refractivity contribution in [1.82, 2.24) is 0 Å². The van der Waals surface area contributed by atoms with Crippen molar-refractivity contribution in [3.8, 4) is 0 Å². The van der Waals surface area contributed by atoms with Gasteiger partial charge in [-0.2, -0.15) is 0 Å². The van der Waals surface area contributed by atoms with Crippen molar-refractivity contribution in [2.24, 2.45) is 0 Å². The molecule has 2 aromatic rings. The van der Waals surface area contributed by atoms with Gasteiger partial charge < -0.3 is 9.64 Å². The average molecular weight is 266 g/mol. The van der Waals surface area contributed by atoms with E-state index in [-0.39, 0.29) is 0 Å². The van der Waals surface area contributed by atoms with Crippen molar-refractivity contribution in [3.63, 3.8) is 0 Å². The summed E-state index contributed by atoms with van der Waals surface area (Å²) in [5.41, 5.74) is 5.18. The van der Waals surface area contributed by atoms with Crippen LogP contribution in [0.15, 0.2) is 42.5 Å². The number of morpholine rings is 1. The summed E-state index contributed by atoms with van der Waals surface area (Å²) in [6.45, 7) is 5.73. The van der Waals surface area contributed by atoms with E-state index in [9.17, 15) is 0 Å². The van der Waals surface area contributed by atoms with Crippen molar-refractivity contribution in [2.75, 3.05) is 31.2 Å². The lowest BCUT2D eigenvalue weighted by atomic mass is 10.0. The van der Waals surface area contributed by atoms with Crippen LogP contribution >= 0.6 is 0 Å². The normalized spacial score (nSPS) is 15.3. The quantitative estimate of drug-likeness (QED) is 0.845. The van der Waals surface area contributed by atoms with Gasteiger partial charge in [0.25, 0.3) is 0 Å². The van der Waals surface area contributed by atoms with Gasteiger partial charge in [-0.3, -0.25) is 0 Å². The summed E-state index contributed by atoms with van der Waals surface area (Å²) in [6.07, 6.45) is 0.943. The zero-order chi connectivity index (χ0) is 13.8. The molecule has 0 atom stereocenters. The molecule has 2 aromatic carbocycles. The van der Waals surface area contributed by atoms with E-state index in [4.69, 9.17) is 4.74 Å². The summed E-state index contributed by atoms with van der Waals surface area (Å²) in [5, 5.41) is 0. The number of anilines is 1. The standard InChI is InChI=1S/C18H20NO/c1-15-5-7-16(8-6-15)13-17-3-2-4-18(14-17)19-9-11-20-12-10-19/h2,4-8,14H,9-13H2,1H3. The molecule has 0 unspecified atom stereocenters. The highest BCUT2D eigenvalue weighted by Gasteiger charge is 2.11. The summed E-state index contributed by atoms with van der Waals surface area (Å²) in [5.74, 6) is 0. The van der Waals surface area contributed by atoms with E-state index in [1.54, 1.807) is 0 Å². The van der Waals surface area contributed by atoms with Crippen LogP contribution < -0.4 is 4.90 Å². The number of rotatable bonds is 3. The molecule has 1 heterocycles. The first-order valence-corrected chi connectivity index (χ1v) is 7.20. The molecule has 1 fully saturated rings. The summed E-state index contributed by atoms with van der Waals surface area (Å²) in [4.78, 5) is 2.38. The van der Waals surface area contributed by atoms with Crippen molar-refractivity contribution in [2.45, 2.75) is 13.3 Å². The number of benzene rings is 2. The molecule has 0 saturated carbocycles. The van der Waals surface area contributed by atoms with E-state index in [1.807, 2.05) is 6.07 Å². The van der Waals surface area contributed by atoms with Gasteiger partial charge in [-0.05, 0) is 42.7 Å². The molecule has 0 aromatic heterocycles. The van der Waals surface area contributed by atoms with E-state index in [1.165, 1.54) is 22.4 Å². The Labute approximate surface area is 121 Å². The fraction of sp³-hybridized carbons (Fsp3) is 0.333. The van der Waals surface area contributed by atoms with E-state index >= 15 is 0 Å². The maximum absolute atomic E-state index is 5.41. The van der Waals surface area contributed by atoms with E-state index < -0.39 is 0 Å². The summed E-state index contributed by atoms with van der Waals surface area (Å²) in [7, 11) is 0. The van der Waals surface area contributed by atoms with Crippen molar-refractivity contribution in [3.05, 3.63) is 65.2 Å². The van der Waals surface area contributed by atoms with E-state index in [0.29, 0.717) is 0 Å². The van der Waals surface area contributed by atoms with Crippen LogP contribution in [0.2, 0.25) is 0 Å². The average Bonchev–Trinajstić information content (AvgIpc) is 2.51. The second kappa shape index (κ2) is 6.10. The number of ether oxygens (including phenoxy) is 1. The summed E-state index contributed by atoms with van der Waals surface area (Å²) >= 11 is 0. The first kappa shape index (κ1) is 13.2. The Bertz CT molecular complexity index is 556. The van der Waals surface area contributed by atoms with Gasteiger partial charge in [0.15, 0.2) is 0 Å². The first-order valence-electron chi connectivity index (χ1n) is 7.20. The predicted molar refractivity (Wildman–Crippen MR) is 82.3 cm³/mol. The monoisotopic (exact) mass is 266 g/mol. The SMILES string of the molecule is Cc1ccc(Cc2[c]ccc(N3CCOCC3)c2)cc1.